The Bertz CT molecular complexity index is 1050. The standard InChI is InChI=1S/C21H19N5O3/c1-13(27)15-4-3-5-18(12-15)23-20-11-10-19(25-26-20)21(29)24-17-8-6-16(7-9-17)22-14(2)28/h3-12H,1-2H3,(H,22,28)(H,23,26)(H,24,29). The zero-order valence-electron chi connectivity index (χ0n) is 15.9. The van der Waals surface area contributed by atoms with Gasteiger partial charge in [-0.25, -0.2) is 0 Å². The number of anilines is 4. The predicted octanol–water partition coefficient (Wildman–Crippen LogP) is 3.63. The molecular weight excluding hydrogens is 370 g/mol. The normalized spacial score (nSPS) is 10.1. The summed E-state index contributed by atoms with van der Waals surface area (Å²) in [6.07, 6.45) is 0. The van der Waals surface area contributed by atoms with Gasteiger partial charge in [-0.3, -0.25) is 14.4 Å². The van der Waals surface area contributed by atoms with Gasteiger partial charge in [0.05, 0.1) is 0 Å². The molecule has 3 aromatic rings. The topological polar surface area (TPSA) is 113 Å². The molecule has 3 rings (SSSR count). The highest BCUT2D eigenvalue weighted by atomic mass is 16.2. The quantitative estimate of drug-likeness (QED) is 0.555. The number of aromatic nitrogens is 2. The first-order valence-corrected chi connectivity index (χ1v) is 8.81. The maximum Gasteiger partial charge on any atom is 0.276 e. The fourth-order valence-electron chi connectivity index (χ4n) is 2.52. The second kappa shape index (κ2) is 8.75. The summed E-state index contributed by atoms with van der Waals surface area (Å²) in [5.41, 5.74) is 2.64. The number of amides is 2. The van der Waals surface area contributed by atoms with Crippen molar-refractivity contribution < 1.29 is 14.4 Å². The number of benzene rings is 2. The van der Waals surface area contributed by atoms with Gasteiger partial charge in [0.15, 0.2) is 17.3 Å². The van der Waals surface area contributed by atoms with Crippen molar-refractivity contribution in [2.75, 3.05) is 16.0 Å². The summed E-state index contributed by atoms with van der Waals surface area (Å²) in [5.74, 6) is -0.160. The molecule has 2 amide bonds. The van der Waals surface area contributed by atoms with Crippen LogP contribution < -0.4 is 16.0 Å². The van der Waals surface area contributed by atoms with Crippen LogP contribution in [0.1, 0.15) is 34.7 Å². The molecule has 8 heteroatoms. The van der Waals surface area contributed by atoms with Gasteiger partial charge in [-0.15, -0.1) is 10.2 Å². The van der Waals surface area contributed by atoms with Crippen LogP contribution in [0, 0.1) is 0 Å². The number of carbonyl (C=O) groups is 3. The summed E-state index contributed by atoms with van der Waals surface area (Å²) in [7, 11) is 0. The smallest absolute Gasteiger partial charge is 0.276 e. The lowest BCUT2D eigenvalue weighted by Crippen LogP contribution is -2.14. The maximum atomic E-state index is 12.3. The molecule has 0 spiro atoms. The number of hydrogen-bond donors (Lipinski definition) is 3. The van der Waals surface area contributed by atoms with E-state index >= 15 is 0 Å². The second-order valence-electron chi connectivity index (χ2n) is 6.28. The third kappa shape index (κ3) is 5.46. The number of nitrogens with one attached hydrogen (secondary N) is 3. The number of hydrogen-bond acceptors (Lipinski definition) is 6. The summed E-state index contributed by atoms with van der Waals surface area (Å²) in [5, 5.41) is 16.4. The minimum atomic E-state index is -0.407. The van der Waals surface area contributed by atoms with Gasteiger partial charge in [-0.2, -0.15) is 0 Å². The van der Waals surface area contributed by atoms with E-state index in [-0.39, 0.29) is 17.4 Å². The van der Waals surface area contributed by atoms with Gasteiger partial charge in [0.1, 0.15) is 0 Å². The average molecular weight is 389 g/mol. The molecule has 146 valence electrons. The van der Waals surface area contributed by atoms with Crippen LogP contribution in [0.5, 0.6) is 0 Å². The van der Waals surface area contributed by atoms with E-state index in [0.717, 1.165) is 0 Å². The van der Waals surface area contributed by atoms with Gasteiger partial charge in [0.2, 0.25) is 5.91 Å². The Balaban J connectivity index is 1.63. The number of carbonyl (C=O) groups excluding carboxylic acids is 3. The molecule has 0 aliphatic heterocycles. The van der Waals surface area contributed by atoms with E-state index in [1.165, 1.54) is 13.8 Å². The van der Waals surface area contributed by atoms with Gasteiger partial charge in [-0.05, 0) is 55.5 Å². The van der Waals surface area contributed by atoms with Crippen LogP contribution in [0.25, 0.3) is 0 Å². The zero-order chi connectivity index (χ0) is 20.8. The molecule has 0 bridgehead atoms. The molecule has 0 saturated heterocycles. The minimum Gasteiger partial charge on any atom is -0.339 e. The molecule has 0 aliphatic rings. The molecule has 3 N–H and O–H groups in total. The molecule has 0 fully saturated rings. The Morgan fingerprint density at radius 1 is 0.759 bits per heavy atom. The molecule has 0 aliphatic carbocycles. The van der Waals surface area contributed by atoms with Crippen molar-refractivity contribution in [3.05, 3.63) is 71.9 Å². The van der Waals surface area contributed by atoms with Crippen LogP contribution >= 0.6 is 0 Å². The molecule has 1 aromatic heterocycles. The molecule has 8 nitrogen and oxygen atoms in total. The first-order valence-electron chi connectivity index (χ1n) is 8.81. The monoisotopic (exact) mass is 389 g/mol. The van der Waals surface area contributed by atoms with Gasteiger partial charge >= 0.3 is 0 Å². The Morgan fingerprint density at radius 3 is 2.03 bits per heavy atom. The Labute approximate surface area is 167 Å². The van der Waals surface area contributed by atoms with Gasteiger partial charge in [0, 0.05) is 29.5 Å². The SMILES string of the molecule is CC(=O)Nc1ccc(NC(=O)c2ccc(Nc3cccc(C(C)=O)c3)nn2)cc1. The number of rotatable bonds is 6. The highest BCUT2D eigenvalue weighted by Gasteiger charge is 2.09. The van der Waals surface area contributed by atoms with Gasteiger partial charge in [0.25, 0.3) is 5.91 Å². The fraction of sp³-hybridized carbons (Fsp3) is 0.0952. The van der Waals surface area contributed by atoms with E-state index in [1.807, 2.05) is 0 Å². The summed E-state index contributed by atoms with van der Waals surface area (Å²) < 4.78 is 0. The van der Waals surface area contributed by atoms with Crippen LogP contribution in [0.3, 0.4) is 0 Å². The number of nitrogens with zero attached hydrogens (tertiary/aromatic N) is 2. The molecule has 29 heavy (non-hydrogen) atoms. The van der Waals surface area contributed by atoms with Crippen molar-refractivity contribution >= 4 is 40.5 Å². The van der Waals surface area contributed by atoms with Crippen molar-refractivity contribution in [2.24, 2.45) is 0 Å². The summed E-state index contributed by atoms with van der Waals surface area (Å²) >= 11 is 0. The van der Waals surface area contributed by atoms with E-state index in [2.05, 4.69) is 26.1 Å². The summed E-state index contributed by atoms with van der Waals surface area (Å²) in [6, 6.07) is 16.9. The van der Waals surface area contributed by atoms with E-state index in [1.54, 1.807) is 60.7 Å². The third-order valence-electron chi connectivity index (χ3n) is 3.90. The highest BCUT2D eigenvalue weighted by molar-refractivity contribution is 6.03. The van der Waals surface area contributed by atoms with Crippen molar-refractivity contribution in [2.45, 2.75) is 13.8 Å². The van der Waals surface area contributed by atoms with Crippen molar-refractivity contribution in [1.82, 2.24) is 10.2 Å². The Morgan fingerprint density at radius 2 is 1.45 bits per heavy atom. The Kier molecular flexibility index (Phi) is 5.94. The van der Waals surface area contributed by atoms with Crippen LogP contribution in [-0.4, -0.2) is 27.8 Å². The van der Waals surface area contributed by atoms with Gasteiger partial charge in [-0.1, -0.05) is 12.1 Å². The summed E-state index contributed by atoms with van der Waals surface area (Å²) in [6.45, 7) is 2.92. The number of Topliss-reactive ketones (excluding diaryl/α,β-unsaturated/α-hetero) is 1. The maximum absolute atomic E-state index is 12.3. The average Bonchev–Trinajstić information content (AvgIpc) is 2.70. The lowest BCUT2D eigenvalue weighted by molar-refractivity contribution is -0.114. The zero-order valence-corrected chi connectivity index (χ0v) is 15.9. The van der Waals surface area contributed by atoms with E-state index in [0.29, 0.717) is 28.4 Å². The number of ketones is 1. The molecule has 2 aromatic carbocycles. The predicted molar refractivity (Wildman–Crippen MR) is 110 cm³/mol. The third-order valence-corrected chi connectivity index (χ3v) is 3.90. The molecule has 1 heterocycles. The molecule has 0 radical (unpaired) electrons. The second-order valence-corrected chi connectivity index (χ2v) is 6.28. The lowest BCUT2D eigenvalue weighted by Gasteiger charge is -2.08. The van der Waals surface area contributed by atoms with E-state index < -0.39 is 5.91 Å². The fourth-order valence-corrected chi connectivity index (χ4v) is 2.52. The summed E-state index contributed by atoms with van der Waals surface area (Å²) in [4.78, 5) is 34.8. The van der Waals surface area contributed by atoms with Crippen LogP contribution in [0.4, 0.5) is 22.9 Å². The van der Waals surface area contributed by atoms with Crippen molar-refractivity contribution in [1.29, 1.82) is 0 Å². The molecule has 0 saturated carbocycles. The van der Waals surface area contributed by atoms with Crippen LogP contribution in [0.15, 0.2) is 60.7 Å². The molecule has 0 unspecified atom stereocenters. The van der Waals surface area contributed by atoms with E-state index in [9.17, 15) is 14.4 Å². The lowest BCUT2D eigenvalue weighted by atomic mass is 10.1. The molecular formula is C21H19N5O3. The highest BCUT2D eigenvalue weighted by Crippen LogP contribution is 2.17. The van der Waals surface area contributed by atoms with Crippen molar-refractivity contribution in [3.8, 4) is 0 Å². The van der Waals surface area contributed by atoms with E-state index in [4.69, 9.17) is 0 Å². The van der Waals surface area contributed by atoms with Crippen LogP contribution in [0.2, 0.25) is 0 Å². The molecule has 0 atom stereocenters. The van der Waals surface area contributed by atoms with Crippen molar-refractivity contribution in [3.63, 3.8) is 0 Å². The first kappa shape index (κ1) is 19.7. The van der Waals surface area contributed by atoms with Gasteiger partial charge < -0.3 is 16.0 Å². The first-order chi connectivity index (χ1) is 13.9. The minimum absolute atomic E-state index is 0.0307. The Hall–Kier alpha value is -4.07. The van der Waals surface area contributed by atoms with Crippen LogP contribution in [-0.2, 0) is 4.79 Å². The largest absolute Gasteiger partial charge is 0.339 e.